The second kappa shape index (κ2) is 19.0. The van der Waals surface area contributed by atoms with Crippen LogP contribution in [0.1, 0.15) is 110 Å². The van der Waals surface area contributed by atoms with Gasteiger partial charge in [0.25, 0.3) is 0 Å². The summed E-state index contributed by atoms with van der Waals surface area (Å²) in [6.07, 6.45) is 18.8. The molecule has 0 aromatic heterocycles. The molecule has 0 saturated carbocycles. The van der Waals surface area contributed by atoms with E-state index in [9.17, 15) is 12.3 Å². The van der Waals surface area contributed by atoms with Crippen LogP contribution in [0.4, 0.5) is 12.3 Å². The molecule has 0 rings (SSSR count). The van der Waals surface area contributed by atoms with Crippen molar-refractivity contribution in [2.75, 3.05) is 13.2 Å². The van der Waals surface area contributed by atoms with Gasteiger partial charge in [-0.05, 0) is 19.8 Å². The van der Waals surface area contributed by atoms with Crippen molar-refractivity contribution in [1.29, 1.82) is 0 Å². The molecule has 0 radical (unpaired) electrons. The molecule has 0 aliphatic rings. The molecule has 0 N–H and O–H groups in total. The Balaban J connectivity index is 3.04. The van der Waals surface area contributed by atoms with Crippen LogP contribution in [0.2, 0.25) is 6.04 Å². The molecule has 27 heavy (non-hydrogen) atoms. The summed E-state index contributed by atoms with van der Waals surface area (Å²) in [5, 5.41) is 0. The van der Waals surface area contributed by atoms with Gasteiger partial charge >= 0.3 is 9.08 Å². The van der Waals surface area contributed by atoms with Crippen molar-refractivity contribution < 1.29 is 17.1 Å². The third kappa shape index (κ3) is 25.7. The maximum atomic E-state index is 12.1. The van der Waals surface area contributed by atoms with Crippen molar-refractivity contribution in [1.82, 2.24) is 0 Å². The highest BCUT2D eigenvalue weighted by molar-refractivity contribution is 6.58. The predicted octanol–water partition coefficient (Wildman–Crippen LogP) is 8.67. The lowest BCUT2D eigenvalue weighted by Gasteiger charge is -2.05. The van der Waals surface area contributed by atoms with Gasteiger partial charge in [-0.3, -0.25) is 0 Å². The number of unbranched alkanes of at least 4 members (excludes halogenated alkanes) is 15. The molecule has 0 unspecified atom stereocenters. The summed E-state index contributed by atoms with van der Waals surface area (Å²) >= 11 is 0. The maximum absolute atomic E-state index is 12.1. The third-order valence-electron chi connectivity index (χ3n) is 4.85. The van der Waals surface area contributed by atoms with E-state index in [0.717, 1.165) is 37.9 Å². The highest BCUT2D eigenvalue weighted by Crippen LogP contribution is 2.20. The SMILES string of the molecule is C=C(C)COCCCCCCCCCCCCCCCCCC[Si](F)(F)F. The van der Waals surface area contributed by atoms with Gasteiger partial charge in [0.15, 0.2) is 0 Å². The van der Waals surface area contributed by atoms with Crippen molar-refractivity contribution in [3.05, 3.63) is 12.2 Å². The van der Waals surface area contributed by atoms with Crippen LogP contribution in [0.3, 0.4) is 0 Å². The van der Waals surface area contributed by atoms with Gasteiger partial charge in [-0.25, -0.2) is 12.3 Å². The highest BCUT2D eigenvalue weighted by Gasteiger charge is 2.35. The van der Waals surface area contributed by atoms with Crippen LogP contribution in [0.5, 0.6) is 0 Å². The molecule has 0 atom stereocenters. The molecular weight excluding hydrogens is 365 g/mol. The van der Waals surface area contributed by atoms with E-state index >= 15 is 0 Å². The quantitative estimate of drug-likeness (QED) is 0.0798. The molecule has 5 heteroatoms. The molecule has 1 nitrogen and oxygen atoms in total. The lowest BCUT2D eigenvalue weighted by atomic mass is 10.0. The average molecular weight is 409 g/mol. The van der Waals surface area contributed by atoms with E-state index in [-0.39, 0.29) is 0 Å². The number of halogens is 3. The van der Waals surface area contributed by atoms with E-state index < -0.39 is 15.1 Å². The molecule has 0 aliphatic carbocycles. The fourth-order valence-corrected chi connectivity index (χ4v) is 3.90. The molecule has 0 bridgehead atoms. The van der Waals surface area contributed by atoms with Crippen LogP contribution >= 0.6 is 0 Å². The molecule has 0 aromatic carbocycles. The van der Waals surface area contributed by atoms with Crippen LogP contribution in [0, 0.1) is 0 Å². The second-order valence-electron chi connectivity index (χ2n) is 8.03. The van der Waals surface area contributed by atoms with Gasteiger partial charge in [0.1, 0.15) is 0 Å². The van der Waals surface area contributed by atoms with Crippen molar-refractivity contribution >= 4 is 9.08 Å². The maximum Gasteiger partial charge on any atom is 0.616 e. The van der Waals surface area contributed by atoms with Gasteiger partial charge < -0.3 is 4.74 Å². The van der Waals surface area contributed by atoms with Crippen LogP contribution in [0.25, 0.3) is 0 Å². The number of ether oxygens (including phenoxy) is 1. The van der Waals surface area contributed by atoms with Crippen LogP contribution in [-0.2, 0) is 4.74 Å². The van der Waals surface area contributed by atoms with E-state index in [1.165, 1.54) is 70.6 Å². The van der Waals surface area contributed by atoms with E-state index in [0.29, 0.717) is 13.0 Å². The van der Waals surface area contributed by atoms with Crippen molar-refractivity contribution in [2.24, 2.45) is 0 Å². The zero-order valence-electron chi connectivity index (χ0n) is 17.7. The third-order valence-corrected chi connectivity index (χ3v) is 5.77. The first-order valence-electron chi connectivity index (χ1n) is 11.2. The molecule has 0 saturated heterocycles. The molecule has 162 valence electrons. The predicted molar refractivity (Wildman–Crippen MR) is 113 cm³/mol. The molecular formula is C22H43F3OSi. The Morgan fingerprint density at radius 2 is 0.963 bits per heavy atom. The van der Waals surface area contributed by atoms with E-state index in [1.807, 2.05) is 6.92 Å². The summed E-state index contributed by atoms with van der Waals surface area (Å²) < 4.78 is 41.9. The van der Waals surface area contributed by atoms with Crippen LogP contribution in [0.15, 0.2) is 12.2 Å². The molecule has 0 amide bonds. The lowest BCUT2D eigenvalue weighted by molar-refractivity contribution is 0.151. The smallest absolute Gasteiger partial charge is 0.377 e. The van der Waals surface area contributed by atoms with Crippen molar-refractivity contribution in [2.45, 2.75) is 116 Å². The summed E-state index contributed by atoms with van der Waals surface area (Å²) in [4.78, 5) is 0. The molecule has 0 heterocycles. The Labute approximate surface area is 167 Å². The van der Waals surface area contributed by atoms with Crippen LogP contribution in [-0.4, -0.2) is 22.3 Å². The first kappa shape index (κ1) is 26.7. The summed E-state index contributed by atoms with van der Waals surface area (Å²) in [5.41, 5.74) is 1.09. The van der Waals surface area contributed by atoms with Crippen molar-refractivity contribution in [3.8, 4) is 0 Å². The number of rotatable bonds is 21. The summed E-state index contributed by atoms with van der Waals surface area (Å²) in [6.45, 7) is 7.38. The molecule has 0 spiro atoms. The lowest BCUT2D eigenvalue weighted by Crippen LogP contribution is -2.13. The van der Waals surface area contributed by atoms with Crippen molar-refractivity contribution in [3.63, 3.8) is 0 Å². The monoisotopic (exact) mass is 408 g/mol. The van der Waals surface area contributed by atoms with Gasteiger partial charge in [0.2, 0.25) is 0 Å². The standard InChI is InChI=1S/C22H43F3OSi/c1-22(2)21-26-19-17-15-13-11-9-7-5-3-4-6-8-10-12-14-16-18-20-27(23,24)25/h1,3-21H2,2H3. The Bertz CT molecular complexity index is 332. The van der Waals surface area contributed by atoms with Gasteiger partial charge in [-0.15, -0.1) is 0 Å². The summed E-state index contributed by atoms with van der Waals surface area (Å²) in [6, 6.07) is -0.475. The van der Waals surface area contributed by atoms with Gasteiger partial charge in [-0.2, -0.15) is 0 Å². The topological polar surface area (TPSA) is 9.23 Å². The molecule has 0 aromatic rings. The van der Waals surface area contributed by atoms with E-state index in [2.05, 4.69) is 6.58 Å². The minimum absolute atomic E-state index is 0.360. The Morgan fingerprint density at radius 3 is 1.30 bits per heavy atom. The summed E-state index contributed by atoms with van der Waals surface area (Å²) in [7, 11) is -5.28. The van der Waals surface area contributed by atoms with Crippen LogP contribution < -0.4 is 0 Å². The fourth-order valence-electron chi connectivity index (χ4n) is 3.25. The second-order valence-corrected chi connectivity index (χ2v) is 9.76. The van der Waals surface area contributed by atoms with E-state index in [1.54, 1.807) is 0 Å². The van der Waals surface area contributed by atoms with Gasteiger partial charge in [0, 0.05) is 12.7 Å². The first-order chi connectivity index (χ1) is 12.9. The minimum Gasteiger partial charge on any atom is -0.377 e. The largest absolute Gasteiger partial charge is 0.616 e. The Kier molecular flexibility index (Phi) is 18.8. The molecule has 0 fully saturated rings. The zero-order chi connectivity index (χ0) is 20.2. The van der Waals surface area contributed by atoms with Gasteiger partial charge in [-0.1, -0.05) is 102 Å². The highest BCUT2D eigenvalue weighted by atomic mass is 28.5. The average Bonchev–Trinajstić information content (AvgIpc) is 2.58. The molecule has 0 aliphatic heterocycles. The fraction of sp³-hybridized carbons (Fsp3) is 0.909. The zero-order valence-corrected chi connectivity index (χ0v) is 18.7. The first-order valence-corrected chi connectivity index (χ1v) is 13.0. The normalized spacial score (nSPS) is 11.9. The Hall–Kier alpha value is -0.293. The summed E-state index contributed by atoms with van der Waals surface area (Å²) in [5.74, 6) is 0. The van der Waals surface area contributed by atoms with Gasteiger partial charge in [0.05, 0.1) is 6.61 Å². The van der Waals surface area contributed by atoms with E-state index in [4.69, 9.17) is 4.74 Å². The number of hydrogen-bond acceptors (Lipinski definition) is 1. The minimum atomic E-state index is -5.28. The number of hydrogen-bond donors (Lipinski definition) is 0. The Morgan fingerprint density at radius 1 is 0.630 bits per heavy atom.